The van der Waals surface area contributed by atoms with Crippen molar-refractivity contribution in [2.24, 2.45) is 0 Å². The molecule has 2 aromatic rings. The Labute approximate surface area is 105 Å². The number of hydrogen-bond donors (Lipinski definition) is 3. The molecule has 0 saturated heterocycles. The van der Waals surface area contributed by atoms with Gasteiger partial charge < -0.3 is 11.1 Å². The first-order chi connectivity index (χ1) is 8.61. The maximum absolute atomic E-state index is 11.9. The summed E-state index contributed by atoms with van der Waals surface area (Å²) >= 11 is 0. The second kappa shape index (κ2) is 4.87. The van der Waals surface area contributed by atoms with Crippen LogP contribution in [-0.2, 0) is 6.42 Å². The average molecular weight is 245 g/mol. The SMILES string of the molecule is CCc1[nH]nc(C(=O)Nc2ccc(C)cn2)c1N. The molecule has 0 aliphatic heterocycles. The number of aromatic amines is 1. The van der Waals surface area contributed by atoms with Crippen molar-refractivity contribution < 1.29 is 4.79 Å². The van der Waals surface area contributed by atoms with Gasteiger partial charge in [-0.25, -0.2) is 4.98 Å². The normalized spacial score (nSPS) is 10.3. The van der Waals surface area contributed by atoms with Gasteiger partial charge in [-0.1, -0.05) is 13.0 Å². The summed E-state index contributed by atoms with van der Waals surface area (Å²) in [6, 6.07) is 3.60. The molecule has 0 fully saturated rings. The van der Waals surface area contributed by atoms with Crippen LogP contribution in [0.2, 0.25) is 0 Å². The molecule has 0 aliphatic rings. The van der Waals surface area contributed by atoms with Gasteiger partial charge in [-0.3, -0.25) is 9.89 Å². The van der Waals surface area contributed by atoms with Crippen LogP contribution in [0.25, 0.3) is 0 Å². The molecule has 4 N–H and O–H groups in total. The van der Waals surface area contributed by atoms with Crippen LogP contribution in [-0.4, -0.2) is 21.1 Å². The van der Waals surface area contributed by atoms with Gasteiger partial charge in [0.25, 0.3) is 5.91 Å². The monoisotopic (exact) mass is 245 g/mol. The number of rotatable bonds is 3. The molecule has 0 aromatic carbocycles. The summed E-state index contributed by atoms with van der Waals surface area (Å²) in [5.41, 5.74) is 8.20. The van der Waals surface area contributed by atoms with Gasteiger partial charge in [0.2, 0.25) is 0 Å². The molecule has 2 rings (SSSR count). The lowest BCUT2D eigenvalue weighted by Crippen LogP contribution is -2.15. The highest BCUT2D eigenvalue weighted by atomic mass is 16.2. The van der Waals surface area contributed by atoms with Crippen LogP contribution in [0, 0.1) is 6.92 Å². The molecular formula is C12H15N5O. The average Bonchev–Trinajstić information content (AvgIpc) is 2.73. The quantitative estimate of drug-likeness (QED) is 0.763. The van der Waals surface area contributed by atoms with Crippen LogP contribution >= 0.6 is 0 Å². The van der Waals surface area contributed by atoms with Crippen LogP contribution in [0.4, 0.5) is 11.5 Å². The molecule has 0 spiro atoms. The summed E-state index contributed by atoms with van der Waals surface area (Å²) in [6.07, 6.45) is 2.38. The maximum Gasteiger partial charge on any atom is 0.279 e. The molecular weight excluding hydrogens is 230 g/mol. The predicted molar refractivity (Wildman–Crippen MR) is 69.3 cm³/mol. The molecule has 2 aromatic heterocycles. The summed E-state index contributed by atoms with van der Waals surface area (Å²) < 4.78 is 0. The largest absolute Gasteiger partial charge is 0.395 e. The highest BCUT2D eigenvalue weighted by molar-refractivity contribution is 6.06. The van der Waals surface area contributed by atoms with E-state index in [1.807, 2.05) is 19.9 Å². The van der Waals surface area contributed by atoms with Gasteiger partial charge in [-0.2, -0.15) is 5.10 Å². The number of H-pyrrole nitrogens is 1. The molecule has 6 heteroatoms. The summed E-state index contributed by atoms with van der Waals surface area (Å²) in [7, 11) is 0. The summed E-state index contributed by atoms with van der Waals surface area (Å²) in [6.45, 7) is 3.87. The number of pyridine rings is 1. The third-order valence-electron chi connectivity index (χ3n) is 2.60. The Hall–Kier alpha value is -2.37. The van der Waals surface area contributed by atoms with Gasteiger partial charge in [0.1, 0.15) is 5.82 Å². The second-order valence-corrected chi connectivity index (χ2v) is 3.99. The highest BCUT2D eigenvalue weighted by Crippen LogP contribution is 2.15. The lowest BCUT2D eigenvalue weighted by Gasteiger charge is -2.03. The summed E-state index contributed by atoms with van der Waals surface area (Å²) in [4.78, 5) is 16.0. The number of aryl methyl sites for hydroxylation is 2. The van der Waals surface area contributed by atoms with E-state index in [1.54, 1.807) is 12.3 Å². The second-order valence-electron chi connectivity index (χ2n) is 3.99. The number of anilines is 2. The van der Waals surface area contributed by atoms with Gasteiger partial charge in [0.15, 0.2) is 5.69 Å². The first-order valence-electron chi connectivity index (χ1n) is 5.68. The van der Waals surface area contributed by atoms with Crippen molar-refractivity contribution in [3.8, 4) is 0 Å². The summed E-state index contributed by atoms with van der Waals surface area (Å²) in [5.74, 6) is 0.117. The van der Waals surface area contributed by atoms with E-state index in [2.05, 4.69) is 20.5 Å². The first kappa shape index (κ1) is 12.1. The first-order valence-corrected chi connectivity index (χ1v) is 5.68. The summed E-state index contributed by atoms with van der Waals surface area (Å²) in [5, 5.41) is 9.30. The number of carbonyl (C=O) groups excluding carboxylic acids is 1. The van der Waals surface area contributed by atoms with Crippen LogP contribution in [0.15, 0.2) is 18.3 Å². The number of hydrogen-bond acceptors (Lipinski definition) is 4. The Bertz CT molecular complexity index is 558. The topological polar surface area (TPSA) is 96.7 Å². The van der Waals surface area contributed by atoms with Gasteiger partial charge in [-0.15, -0.1) is 0 Å². The Morgan fingerprint density at radius 3 is 2.83 bits per heavy atom. The molecule has 94 valence electrons. The van der Waals surface area contributed by atoms with Crippen LogP contribution in [0.1, 0.15) is 28.7 Å². The molecule has 2 heterocycles. The number of aromatic nitrogens is 3. The molecule has 1 amide bonds. The molecule has 0 unspecified atom stereocenters. The van der Waals surface area contributed by atoms with E-state index in [4.69, 9.17) is 5.73 Å². The number of nitrogens with two attached hydrogens (primary N) is 1. The lowest BCUT2D eigenvalue weighted by molar-refractivity contribution is 0.102. The van der Waals surface area contributed by atoms with Gasteiger partial charge in [0, 0.05) is 6.20 Å². The van der Waals surface area contributed by atoms with Gasteiger partial charge in [0.05, 0.1) is 11.4 Å². The number of amides is 1. The fourth-order valence-electron chi connectivity index (χ4n) is 1.55. The standard InChI is InChI=1S/C12H15N5O/c1-3-8-10(13)11(17-16-8)12(18)15-9-5-4-7(2)6-14-9/h4-6H,3,13H2,1-2H3,(H,16,17)(H,14,15,18). The lowest BCUT2D eigenvalue weighted by atomic mass is 10.2. The van der Waals surface area contributed by atoms with Gasteiger partial charge >= 0.3 is 0 Å². The minimum atomic E-state index is -0.361. The van der Waals surface area contributed by atoms with E-state index in [-0.39, 0.29) is 11.6 Å². The molecule has 18 heavy (non-hydrogen) atoms. The zero-order valence-corrected chi connectivity index (χ0v) is 10.3. The Kier molecular flexibility index (Phi) is 3.27. The predicted octanol–water partition coefficient (Wildman–Crippen LogP) is 1.51. The van der Waals surface area contributed by atoms with E-state index >= 15 is 0 Å². The Morgan fingerprint density at radius 2 is 2.28 bits per heavy atom. The smallest absolute Gasteiger partial charge is 0.279 e. The van der Waals surface area contributed by atoms with Crippen LogP contribution in [0.5, 0.6) is 0 Å². The molecule has 0 bridgehead atoms. The van der Waals surface area contributed by atoms with Crippen molar-refractivity contribution in [2.45, 2.75) is 20.3 Å². The number of nitrogen functional groups attached to an aromatic ring is 1. The third-order valence-corrected chi connectivity index (χ3v) is 2.60. The van der Waals surface area contributed by atoms with E-state index in [1.165, 1.54) is 0 Å². The maximum atomic E-state index is 11.9. The fraction of sp³-hybridized carbons (Fsp3) is 0.250. The van der Waals surface area contributed by atoms with Crippen molar-refractivity contribution in [3.63, 3.8) is 0 Å². The highest BCUT2D eigenvalue weighted by Gasteiger charge is 2.16. The van der Waals surface area contributed by atoms with E-state index in [0.717, 1.165) is 11.3 Å². The molecule has 0 saturated carbocycles. The van der Waals surface area contributed by atoms with E-state index < -0.39 is 0 Å². The molecule has 0 radical (unpaired) electrons. The molecule has 0 aliphatic carbocycles. The van der Waals surface area contributed by atoms with Gasteiger partial charge in [-0.05, 0) is 25.0 Å². The van der Waals surface area contributed by atoms with Crippen molar-refractivity contribution in [2.75, 3.05) is 11.1 Å². The van der Waals surface area contributed by atoms with Crippen molar-refractivity contribution in [3.05, 3.63) is 35.3 Å². The van der Waals surface area contributed by atoms with Crippen molar-refractivity contribution >= 4 is 17.4 Å². The van der Waals surface area contributed by atoms with E-state index in [9.17, 15) is 4.79 Å². The number of nitrogens with one attached hydrogen (secondary N) is 2. The van der Waals surface area contributed by atoms with Crippen LogP contribution in [0.3, 0.4) is 0 Å². The minimum absolute atomic E-state index is 0.203. The third kappa shape index (κ3) is 2.32. The minimum Gasteiger partial charge on any atom is -0.395 e. The van der Waals surface area contributed by atoms with E-state index in [0.29, 0.717) is 17.9 Å². The zero-order valence-electron chi connectivity index (χ0n) is 10.3. The van der Waals surface area contributed by atoms with Crippen molar-refractivity contribution in [1.82, 2.24) is 15.2 Å². The molecule has 6 nitrogen and oxygen atoms in total. The zero-order chi connectivity index (χ0) is 13.1. The Morgan fingerprint density at radius 1 is 1.50 bits per heavy atom. The fourth-order valence-corrected chi connectivity index (χ4v) is 1.55. The van der Waals surface area contributed by atoms with Crippen molar-refractivity contribution in [1.29, 1.82) is 0 Å². The molecule has 0 atom stereocenters. The Balaban J connectivity index is 2.16. The number of carbonyl (C=O) groups is 1. The number of nitrogens with zero attached hydrogens (tertiary/aromatic N) is 2. The van der Waals surface area contributed by atoms with Crippen LogP contribution < -0.4 is 11.1 Å².